The van der Waals surface area contributed by atoms with Gasteiger partial charge in [0.15, 0.2) is 5.82 Å². The second-order valence-electron chi connectivity index (χ2n) is 5.30. The van der Waals surface area contributed by atoms with Crippen LogP contribution in [-0.2, 0) is 4.74 Å². The minimum atomic E-state index is -0.500. The molecule has 0 bridgehead atoms. The van der Waals surface area contributed by atoms with Gasteiger partial charge in [0.05, 0.1) is 0 Å². The van der Waals surface area contributed by atoms with Crippen molar-refractivity contribution in [1.29, 1.82) is 0 Å². The van der Waals surface area contributed by atoms with E-state index in [9.17, 15) is 4.79 Å². The van der Waals surface area contributed by atoms with Crippen LogP contribution in [0.15, 0.2) is 6.20 Å². The highest BCUT2D eigenvalue weighted by Gasteiger charge is 2.17. The second kappa shape index (κ2) is 4.77. The number of amides is 1. The molecule has 0 unspecified atom stereocenters. The Morgan fingerprint density at radius 3 is 2.47 bits per heavy atom. The van der Waals surface area contributed by atoms with Gasteiger partial charge in [0.25, 0.3) is 0 Å². The minimum Gasteiger partial charge on any atom is -0.444 e. The lowest BCUT2D eigenvalue weighted by Gasteiger charge is -2.19. The Hall–Kier alpha value is -1.52. The van der Waals surface area contributed by atoms with Gasteiger partial charge in [0.2, 0.25) is 0 Å². The van der Waals surface area contributed by atoms with E-state index in [-0.39, 0.29) is 0 Å². The number of hydrogen-bond donors (Lipinski definition) is 1. The number of anilines is 1. The zero-order chi connectivity index (χ0) is 13.2. The fraction of sp³-hybridized carbons (Fsp3) is 0.667. The molecule has 1 heterocycles. The highest BCUT2D eigenvalue weighted by molar-refractivity contribution is 5.83. The predicted molar refractivity (Wildman–Crippen MR) is 67.2 cm³/mol. The first kappa shape index (κ1) is 13.5. The van der Waals surface area contributed by atoms with Crippen LogP contribution in [0, 0.1) is 6.92 Å². The first-order valence-electron chi connectivity index (χ1n) is 5.74. The highest BCUT2D eigenvalue weighted by atomic mass is 16.6. The van der Waals surface area contributed by atoms with E-state index >= 15 is 0 Å². The van der Waals surface area contributed by atoms with Crippen molar-refractivity contribution in [3.63, 3.8) is 0 Å². The summed E-state index contributed by atoms with van der Waals surface area (Å²) in [5.74, 6) is 1.39. The quantitative estimate of drug-likeness (QED) is 0.862. The van der Waals surface area contributed by atoms with Crippen LogP contribution in [0.4, 0.5) is 10.6 Å². The van der Waals surface area contributed by atoms with Crippen LogP contribution in [-0.4, -0.2) is 21.2 Å². The van der Waals surface area contributed by atoms with Crippen molar-refractivity contribution in [2.45, 2.75) is 53.2 Å². The topological polar surface area (TPSA) is 56.1 Å². The number of aryl methyl sites for hydroxylation is 1. The first-order valence-corrected chi connectivity index (χ1v) is 5.74. The average molecular weight is 239 g/mol. The van der Waals surface area contributed by atoms with Crippen molar-refractivity contribution < 1.29 is 9.53 Å². The summed E-state index contributed by atoms with van der Waals surface area (Å²) in [6, 6.07) is 0.316. The summed E-state index contributed by atoms with van der Waals surface area (Å²) in [6.07, 6.45) is 1.33. The standard InChI is InChI=1S/C12H21N3O2/c1-8(2)15-7-10(13-9(15)3)14-11(16)17-12(4,5)6/h7-8H,1-6H3,(H,14,16). The maximum atomic E-state index is 11.5. The van der Waals surface area contributed by atoms with Crippen molar-refractivity contribution in [3.8, 4) is 0 Å². The van der Waals surface area contributed by atoms with Gasteiger partial charge < -0.3 is 9.30 Å². The number of ether oxygens (including phenoxy) is 1. The normalized spacial score (nSPS) is 11.7. The highest BCUT2D eigenvalue weighted by Crippen LogP contribution is 2.15. The van der Waals surface area contributed by atoms with Crippen LogP contribution in [0.5, 0.6) is 0 Å². The van der Waals surface area contributed by atoms with Gasteiger partial charge in [-0.25, -0.2) is 9.78 Å². The zero-order valence-electron chi connectivity index (χ0n) is 11.4. The molecule has 5 heteroatoms. The third kappa shape index (κ3) is 4.09. The maximum Gasteiger partial charge on any atom is 0.413 e. The molecule has 1 aromatic heterocycles. The Kier molecular flexibility index (Phi) is 3.80. The molecule has 0 saturated carbocycles. The molecule has 0 radical (unpaired) electrons. The molecular weight excluding hydrogens is 218 g/mol. The van der Waals surface area contributed by atoms with Gasteiger partial charge >= 0.3 is 6.09 Å². The molecule has 0 saturated heterocycles. The van der Waals surface area contributed by atoms with Crippen molar-refractivity contribution in [1.82, 2.24) is 9.55 Å². The van der Waals surface area contributed by atoms with E-state index < -0.39 is 11.7 Å². The summed E-state index contributed by atoms with van der Waals surface area (Å²) >= 11 is 0. The number of carbonyl (C=O) groups excluding carboxylic acids is 1. The van der Waals surface area contributed by atoms with Crippen molar-refractivity contribution in [2.24, 2.45) is 0 Å². The van der Waals surface area contributed by atoms with E-state index in [1.807, 2.05) is 38.5 Å². The molecule has 0 spiro atoms. The Labute approximate surface area is 102 Å². The third-order valence-electron chi connectivity index (χ3n) is 2.10. The minimum absolute atomic E-state index is 0.316. The molecule has 0 aliphatic carbocycles. The van der Waals surface area contributed by atoms with Crippen LogP contribution in [0.1, 0.15) is 46.5 Å². The van der Waals surface area contributed by atoms with E-state index in [4.69, 9.17) is 4.74 Å². The Morgan fingerprint density at radius 2 is 2.06 bits per heavy atom. The molecule has 0 aliphatic heterocycles. The first-order chi connectivity index (χ1) is 7.69. The summed E-state index contributed by atoms with van der Waals surface area (Å²) in [4.78, 5) is 15.8. The Bertz CT molecular complexity index is 402. The van der Waals surface area contributed by atoms with Crippen LogP contribution in [0.2, 0.25) is 0 Å². The zero-order valence-corrected chi connectivity index (χ0v) is 11.4. The van der Waals surface area contributed by atoms with Gasteiger partial charge in [0, 0.05) is 12.2 Å². The lowest BCUT2D eigenvalue weighted by Crippen LogP contribution is -2.27. The largest absolute Gasteiger partial charge is 0.444 e. The molecule has 1 aromatic rings. The molecule has 1 rings (SSSR count). The van der Waals surface area contributed by atoms with E-state index in [2.05, 4.69) is 24.1 Å². The average Bonchev–Trinajstić information content (AvgIpc) is 2.42. The van der Waals surface area contributed by atoms with E-state index in [0.29, 0.717) is 11.9 Å². The summed E-state index contributed by atoms with van der Waals surface area (Å²) in [5.41, 5.74) is -0.500. The molecule has 0 atom stereocenters. The molecule has 96 valence electrons. The molecule has 5 nitrogen and oxygen atoms in total. The van der Waals surface area contributed by atoms with Gasteiger partial charge in [-0.1, -0.05) is 0 Å². The fourth-order valence-corrected chi connectivity index (χ4v) is 1.48. The number of imidazole rings is 1. The number of nitrogens with one attached hydrogen (secondary N) is 1. The monoisotopic (exact) mass is 239 g/mol. The SMILES string of the molecule is Cc1nc(NC(=O)OC(C)(C)C)cn1C(C)C. The van der Waals surface area contributed by atoms with Gasteiger partial charge in [-0.3, -0.25) is 5.32 Å². The van der Waals surface area contributed by atoms with Crippen molar-refractivity contribution >= 4 is 11.9 Å². The van der Waals surface area contributed by atoms with Crippen molar-refractivity contribution in [2.75, 3.05) is 5.32 Å². The smallest absolute Gasteiger partial charge is 0.413 e. The number of aromatic nitrogens is 2. The summed E-state index contributed by atoms with van der Waals surface area (Å²) in [7, 11) is 0. The summed E-state index contributed by atoms with van der Waals surface area (Å²) < 4.78 is 7.14. The molecule has 0 fully saturated rings. The summed E-state index contributed by atoms with van der Waals surface area (Å²) in [5, 5.41) is 2.62. The molecule has 0 aromatic carbocycles. The second-order valence-corrected chi connectivity index (χ2v) is 5.30. The lowest BCUT2D eigenvalue weighted by molar-refractivity contribution is 0.0635. The van der Waals surface area contributed by atoms with Crippen LogP contribution in [0.25, 0.3) is 0 Å². The number of nitrogens with zero attached hydrogens (tertiary/aromatic N) is 2. The van der Waals surface area contributed by atoms with Gasteiger partial charge in [-0.15, -0.1) is 0 Å². The lowest BCUT2D eigenvalue weighted by atomic mass is 10.2. The van der Waals surface area contributed by atoms with Gasteiger partial charge in [0.1, 0.15) is 11.4 Å². The fourth-order valence-electron chi connectivity index (χ4n) is 1.48. The van der Waals surface area contributed by atoms with Crippen LogP contribution < -0.4 is 5.32 Å². The van der Waals surface area contributed by atoms with Crippen LogP contribution >= 0.6 is 0 Å². The van der Waals surface area contributed by atoms with E-state index in [1.165, 1.54) is 0 Å². The molecule has 1 amide bonds. The molecule has 17 heavy (non-hydrogen) atoms. The van der Waals surface area contributed by atoms with Crippen LogP contribution in [0.3, 0.4) is 0 Å². The maximum absolute atomic E-state index is 11.5. The van der Waals surface area contributed by atoms with Gasteiger partial charge in [-0.05, 0) is 41.5 Å². The Balaban J connectivity index is 2.70. The number of hydrogen-bond acceptors (Lipinski definition) is 3. The predicted octanol–water partition coefficient (Wildman–Crippen LogP) is 3.12. The van der Waals surface area contributed by atoms with Crippen molar-refractivity contribution in [3.05, 3.63) is 12.0 Å². The van der Waals surface area contributed by atoms with E-state index in [1.54, 1.807) is 0 Å². The molecule has 0 aliphatic rings. The summed E-state index contributed by atoms with van der Waals surface area (Å²) in [6.45, 7) is 11.5. The number of rotatable bonds is 2. The van der Waals surface area contributed by atoms with E-state index in [0.717, 1.165) is 5.82 Å². The van der Waals surface area contributed by atoms with Gasteiger partial charge in [-0.2, -0.15) is 0 Å². The Morgan fingerprint density at radius 1 is 1.47 bits per heavy atom. The molecule has 1 N–H and O–H groups in total. The third-order valence-corrected chi connectivity index (χ3v) is 2.10. The molecular formula is C12H21N3O2. The number of carbonyl (C=O) groups is 1.